The number of aryl methyl sites for hydroxylation is 1. The minimum Gasteiger partial charge on any atom is -0.360 e. The van der Waals surface area contributed by atoms with Gasteiger partial charge in [0.15, 0.2) is 12.1 Å². The van der Waals surface area contributed by atoms with Crippen molar-refractivity contribution in [1.29, 1.82) is 0 Å². The molecule has 0 bridgehead atoms. The fraction of sp³-hybridized carbons (Fsp3) is 0.714. The maximum absolute atomic E-state index is 12.1. The summed E-state index contributed by atoms with van der Waals surface area (Å²) in [6, 6.07) is 1.86. The molecule has 0 spiro atoms. The van der Waals surface area contributed by atoms with Crippen LogP contribution >= 0.6 is 0 Å². The number of rotatable bonds is 4. The standard InChI is InChI=1S/C14H21N3O4/c1-10-8-12(16-21-10)15-13(18)9-17-5-3-2-4-11(17)14-19-6-7-20-14/h8,11,14H,2-7,9H2,1H3,(H,15,16,18)/t11-/m1/s1. The number of piperidine rings is 1. The molecule has 1 atom stereocenters. The predicted molar refractivity (Wildman–Crippen MR) is 74.8 cm³/mol. The monoisotopic (exact) mass is 295 g/mol. The van der Waals surface area contributed by atoms with Gasteiger partial charge in [-0.2, -0.15) is 0 Å². The average molecular weight is 295 g/mol. The van der Waals surface area contributed by atoms with Crippen LogP contribution in [0, 0.1) is 6.92 Å². The van der Waals surface area contributed by atoms with Crippen LogP contribution in [0.4, 0.5) is 5.82 Å². The van der Waals surface area contributed by atoms with Crippen LogP contribution < -0.4 is 5.32 Å². The quantitative estimate of drug-likeness (QED) is 0.898. The summed E-state index contributed by atoms with van der Waals surface area (Å²) in [6.07, 6.45) is 3.04. The summed E-state index contributed by atoms with van der Waals surface area (Å²) in [5.74, 6) is 1.04. The fourth-order valence-corrected chi connectivity index (χ4v) is 2.91. The molecule has 1 N–H and O–H groups in total. The molecule has 0 unspecified atom stereocenters. The van der Waals surface area contributed by atoms with Crippen molar-refractivity contribution in [3.8, 4) is 0 Å². The Labute approximate surface area is 123 Å². The molecule has 0 saturated carbocycles. The molecule has 0 radical (unpaired) electrons. The lowest BCUT2D eigenvalue weighted by molar-refractivity contribution is -0.127. The lowest BCUT2D eigenvalue weighted by atomic mass is 10.0. The summed E-state index contributed by atoms with van der Waals surface area (Å²) in [5.41, 5.74) is 0. The van der Waals surface area contributed by atoms with Crippen LogP contribution in [-0.4, -0.2) is 54.6 Å². The molecule has 3 rings (SSSR count). The van der Waals surface area contributed by atoms with Crippen LogP contribution in [0.3, 0.4) is 0 Å². The van der Waals surface area contributed by atoms with E-state index in [1.54, 1.807) is 13.0 Å². The second-order valence-corrected chi connectivity index (χ2v) is 5.51. The molecule has 1 aromatic rings. The van der Waals surface area contributed by atoms with Gasteiger partial charge in [0.1, 0.15) is 5.76 Å². The van der Waals surface area contributed by atoms with Crippen LogP contribution in [0.1, 0.15) is 25.0 Å². The Kier molecular flexibility index (Phi) is 4.52. The van der Waals surface area contributed by atoms with E-state index in [4.69, 9.17) is 14.0 Å². The third kappa shape index (κ3) is 3.61. The number of anilines is 1. The summed E-state index contributed by atoms with van der Waals surface area (Å²) in [4.78, 5) is 14.3. The van der Waals surface area contributed by atoms with Crippen molar-refractivity contribution < 1.29 is 18.8 Å². The first-order valence-corrected chi connectivity index (χ1v) is 7.43. The Hall–Kier alpha value is -1.44. The maximum atomic E-state index is 12.1. The van der Waals surface area contributed by atoms with Gasteiger partial charge in [-0.25, -0.2) is 0 Å². The SMILES string of the molecule is Cc1cc(NC(=O)CN2CCCC[C@@H]2C2OCCO2)no1. The number of nitrogens with one attached hydrogen (secondary N) is 1. The van der Waals surface area contributed by atoms with E-state index in [9.17, 15) is 4.79 Å². The topological polar surface area (TPSA) is 76.8 Å². The highest BCUT2D eigenvalue weighted by atomic mass is 16.7. The highest BCUT2D eigenvalue weighted by Crippen LogP contribution is 2.24. The average Bonchev–Trinajstić information content (AvgIpc) is 3.11. The van der Waals surface area contributed by atoms with Crippen molar-refractivity contribution >= 4 is 11.7 Å². The minimum absolute atomic E-state index is 0.0896. The molecule has 21 heavy (non-hydrogen) atoms. The van der Waals surface area contributed by atoms with Crippen molar-refractivity contribution in [3.63, 3.8) is 0 Å². The zero-order chi connectivity index (χ0) is 14.7. The van der Waals surface area contributed by atoms with Gasteiger partial charge in [0, 0.05) is 6.07 Å². The highest BCUT2D eigenvalue weighted by Gasteiger charge is 2.34. The van der Waals surface area contributed by atoms with Crippen molar-refractivity contribution in [2.24, 2.45) is 0 Å². The zero-order valence-electron chi connectivity index (χ0n) is 12.2. The molecule has 116 valence electrons. The number of carbonyl (C=O) groups excluding carboxylic acids is 1. The van der Waals surface area contributed by atoms with Gasteiger partial charge < -0.3 is 19.3 Å². The van der Waals surface area contributed by atoms with Crippen LogP contribution in [0.25, 0.3) is 0 Å². The second kappa shape index (κ2) is 6.55. The number of likely N-dealkylation sites (tertiary alicyclic amines) is 1. The van der Waals surface area contributed by atoms with Crippen LogP contribution in [0.15, 0.2) is 10.6 Å². The molecule has 0 aromatic carbocycles. The van der Waals surface area contributed by atoms with E-state index < -0.39 is 0 Å². The maximum Gasteiger partial charge on any atom is 0.239 e. The Morgan fingerprint density at radius 3 is 2.95 bits per heavy atom. The van der Waals surface area contributed by atoms with Crippen molar-refractivity contribution in [2.75, 3.05) is 31.6 Å². The first-order chi connectivity index (χ1) is 10.2. The number of nitrogens with zero attached hydrogens (tertiary/aromatic N) is 2. The van der Waals surface area contributed by atoms with E-state index in [0.717, 1.165) is 25.8 Å². The van der Waals surface area contributed by atoms with E-state index in [-0.39, 0.29) is 18.2 Å². The third-order valence-corrected chi connectivity index (χ3v) is 3.87. The van der Waals surface area contributed by atoms with E-state index in [1.165, 1.54) is 0 Å². The van der Waals surface area contributed by atoms with Crippen LogP contribution in [0.2, 0.25) is 0 Å². The molecule has 1 amide bonds. The molecule has 2 fully saturated rings. The molecule has 0 aliphatic carbocycles. The molecule has 1 aromatic heterocycles. The lowest BCUT2D eigenvalue weighted by Gasteiger charge is -2.37. The van der Waals surface area contributed by atoms with Crippen molar-refractivity contribution in [3.05, 3.63) is 11.8 Å². The Morgan fingerprint density at radius 2 is 2.24 bits per heavy atom. The first kappa shape index (κ1) is 14.5. The first-order valence-electron chi connectivity index (χ1n) is 7.43. The van der Waals surface area contributed by atoms with Crippen molar-refractivity contribution in [2.45, 2.75) is 38.5 Å². The van der Waals surface area contributed by atoms with E-state index in [1.807, 2.05) is 0 Å². The normalized spacial score (nSPS) is 24.3. The molecule has 2 aliphatic heterocycles. The predicted octanol–water partition coefficient (Wildman–Crippen LogP) is 1.15. The van der Waals surface area contributed by atoms with Gasteiger partial charge in [0.25, 0.3) is 0 Å². The van der Waals surface area contributed by atoms with Gasteiger partial charge in [-0.3, -0.25) is 9.69 Å². The summed E-state index contributed by atoms with van der Waals surface area (Å²) in [6.45, 7) is 4.27. The summed E-state index contributed by atoms with van der Waals surface area (Å²) >= 11 is 0. The summed E-state index contributed by atoms with van der Waals surface area (Å²) in [7, 11) is 0. The second-order valence-electron chi connectivity index (χ2n) is 5.51. The molecule has 7 nitrogen and oxygen atoms in total. The number of carbonyl (C=O) groups is 1. The molecule has 2 saturated heterocycles. The lowest BCUT2D eigenvalue weighted by Crippen LogP contribution is -2.50. The number of hydrogen-bond acceptors (Lipinski definition) is 6. The molecular formula is C14H21N3O4. The summed E-state index contributed by atoms with van der Waals surface area (Å²) < 4.78 is 16.1. The number of aromatic nitrogens is 1. The molecule has 3 heterocycles. The zero-order valence-corrected chi connectivity index (χ0v) is 12.2. The Balaban J connectivity index is 1.57. The van der Waals surface area contributed by atoms with Gasteiger partial charge in [0.05, 0.1) is 25.8 Å². The van der Waals surface area contributed by atoms with Gasteiger partial charge in [0.2, 0.25) is 5.91 Å². The van der Waals surface area contributed by atoms with Crippen molar-refractivity contribution in [1.82, 2.24) is 10.1 Å². The van der Waals surface area contributed by atoms with Gasteiger partial charge >= 0.3 is 0 Å². The summed E-state index contributed by atoms with van der Waals surface area (Å²) in [5, 5.41) is 6.52. The molecule has 2 aliphatic rings. The molecular weight excluding hydrogens is 274 g/mol. The van der Waals surface area contributed by atoms with Gasteiger partial charge in [-0.05, 0) is 26.3 Å². The smallest absolute Gasteiger partial charge is 0.239 e. The Morgan fingerprint density at radius 1 is 1.43 bits per heavy atom. The largest absolute Gasteiger partial charge is 0.360 e. The minimum atomic E-state index is -0.201. The fourth-order valence-electron chi connectivity index (χ4n) is 2.91. The highest BCUT2D eigenvalue weighted by molar-refractivity contribution is 5.91. The van der Waals surface area contributed by atoms with E-state index in [2.05, 4.69) is 15.4 Å². The number of amides is 1. The van der Waals surface area contributed by atoms with Gasteiger partial charge in [-0.15, -0.1) is 0 Å². The molecule has 7 heteroatoms. The number of hydrogen-bond donors (Lipinski definition) is 1. The third-order valence-electron chi connectivity index (χ3n) is 3.87. The van der Waals surface area contributed by atoms with E-state index >= 15 is 0 Å². The number of ether oxygens (including phenoxy) is 2. The van der Waals surface area contributed by atoms with Crippen LogP contribution in [-0.2, 0) is 14.3 Å². The van der Waals surface area contributed by atoms with Gasteiger partial charge in [-0.1, -0.05) is 11.6 Å². The Bertz CT molecular complexity index is 484. The van der Waals surface area contributed by atoms with E-state index in [0.29, 0.717) is 31.3 Å². The van der Waals surface area contributed by atoms with Crippen LogP contribution in [0.5, 0.6) is 0 Å².